The highest BCUT2D eigenvalue weighted by Gasteiger charge is 2.42. The van der Waals surface area contributed by atoms with E-state index in [9.17, 15) is 4.79 Å². The van der Waals surface area contributed by atoms with Crippen molar-refractivity contribution in [2.45, 2.75) is 25.0 Å². The third kappa shape index (κ3) is 5.89. The van der Waals surface area contributed by atoms with E-state index in [0.29, 0.717) is 0 Å². The van der Waals surface area contributed by atoms with Gasteiger partial charge in [-0.15, -0.1) is 24.8 Å². The molecule has 0 saturated carbocycles. The van der Waals surface area contributed by atoms with E-state index in [0.717, 1.165) is 75.7 Å². The summed E-state index contributed by atoms with van der Waals surface area (Å²) in [4.78, 5) is 17.4. The van der Waals surface area contributed by atoms with Crippen molar-refractivity contribution in [1.82, 2.24) is 15.1 Å². The second-order valence-electron chi connectivity index (χ2n) is 7.19. The molecule has 2 heterocycles. The molecule has 2 fully saturated rings. The predicted octanol–water partition coefficient (Wildman–Crippen LogP) is 1.96. The number of methoxy groups -OCH3 is 3. The molecule has 166 valence electrons. The van der Waals surface area contributed by atoms with Gasteiger partial charge in [-0.1, -0.05) is 0 Å². The fourth-order valence-electron chi connectivity index (χ4n) is 3.98. The number of halogens is 2. The molecule has 3 rings (SSSR count). The van der Waals surface area contributed by atoms with E-state index >= 15 is 0 Å². The highest BCUT2D eigenvalue weighted by Crippen LogP contribution is 2.28. The third-order valence-electron chi connectivity index (χ3n) is 5.73. The van der Waals surface area contributed by atoms with Gasteiger partial charge in [-0.25, -0.2) is 0 Å². The van der Waals surface area contributed by atoms with Crippen LogP contribution in [-0.4, -0.2) is 81.9 Å². The van der Waals surface area contributed by atoms with Crippen molar-refractivity contribution in [1.29, 1.82) is 0 Å². The number of carbonyl (C=O) groups is 1. The van der Waals surface area contributed by atoms with E-state index in [1.54, 1.807) is 21.3 Å². The lowest BCUT2D eigenvalue weighted by Crippen LogP contribution is -2.59. The molecule has 0 atom stereocenters. The zero-order valence-corrected chi connectivity index (χ0v) is 19.1. The van der Waals surface area contributed by atoms with Crippen LogP contribution in [-0.2, 0) is 16.1 Å². The van der Waals surface area contributed by atoms with E-state index in [1.165, 1.54) is 0 Å². The average Bonchev–Trinajstić information content (AvgIpc) is 2.74. The largest absolute Gasteiger partial charge is 0.497 e. The summed E-state index contributed by atoms with van der Waals surface area (Å²) in [5.74, 6) is 1.83. The first-order chi connectivity index (χ1) is 13.1. The summed E-state index contributed by atoms with van der Waals surface area (Å²) < 4.78 is 16.5. The van der Waals surface area contributed by atoms with Gasteiger partial charge in [0, 0.05) is 45.4 Å². The maximum Gasteiger partial charge on any atom is 0.254 e. The zero-order chi connectivity index (χ0) is 19.3. The van der Waals surface area contributed by atoms with E-state index in [-0.39, 0.29) is 30.7 Å². The first-order valence-corrected chi connectivity index (χ1v) is 9.60. The summed E-state index contributed by atoms with van der Waals surface area (Å²) in [5, 5.41) is 3.31. The number of piperazine rings is 1. The van der Waals surface area contributed by atoms with Crippen LogP contribution in [0.3, 0.4) is 0 Å². The molecule has 29 heavy (non-hydrogen) atoms. The van der Waals surface area contributed by atoms with E-state index in [2.05, 4.69) is 10.2 Å². The standard InChI is InChI=1S/C20H31N3O4.2ClH/c1-25-17-4-5-18(26-2)16(14-17)15-22-10-12-23(13-11-22)19(24)20(27-3)6-8-21-9-7-20;;/h4-5,14,21H,6-13,15H2,1-3H3;2*1H. The lowest BCUT2D eigenvalue weighted by Gasteiger charge is -2.42. The summed E-state index contributed by atoms with van der Waals surface area (Å²) in [6.45, 7) is 5.56. The normalized spacial score (nSPS) is 18.9. The molecule has 2 aliphatic rings. The molecule has 1 aromatic carbocycles. The van der Waals surface area contributed by atoms with Gasteiger partial charge in [0.1, 0.15) is 17.1 Å². The molecule has 0 radical (unpaired) electrons. The number of hydrogen-bond acceptors (Lipinski definition) is 6. The quantitative estimate of drug-likeness (QED) is 0.715. The van der Waals surface area contributed by atoms with Crippen molar-refractivity contribution in [2.24, 2.45) is 0 Å². The smallest absolute Gasteiger partial charge is 0.254 e. The van der Waals surface area contributed by atoms with Crippen LogP contribution in [0.25, 0.3) is 0 Å². The van der Waals surface area contributed by atoms with Gasteiger partial charge in [0.25, 0.3) is 5.91 Å². The SMILES string of the molecule is COc1ccc(OC)c(CN2CCN(C(=O)C3(OC)CCNCC3)CC2)c1.Cl.Cl. The Morgan fingerprint density at radius 2 is 1.69 bits per heavy atom. The Labute approximate surface area is 185 Å². The molecule has 0 bridgehead atoms. The summed E-state index contributed by atoms with van der Waals surface area (Å²) in [7, 11) is 5.02. The second-order valence-corrected chi connectivity index (χ2v) is 7.19. The number of ether oxygens (including phenoxy) is 3. The maximum atomic E-state index is 13.1. The van der Waals surface area contributed by atoms with E-state index < -0.39 is 5.60 Å². The number of benzene rings is 1. The van der Waals surface area contributed by atoms with Crippen LogP contribution in [0.5, 0.6) is 11.5 Å². The van der Waals surface area contributed by atoms with Crippen molar-refractivity contribution in [3.05, 3.63) is 23.8 Å². The van der Waals surface area contributed by atoms with Gasteiger partial charge in [0.15, 0.2) is 0 Å². The Kier molecular flexibility index (Phi) is 10.5. The van der Waals surface area contributed by atoms with Crippen molar-refractivity contribution < 1.29 is 19.0 Å². The van der Waals surface area contributed by atoms with Crippen LogP contribution in [0.15, 0.2) is 18.2 Å². The van der Waals surface area contributed by atoms with Gasteiger partial charge in [0.2, 0.25) is 0 Å². The number of nitrogens with zero attached hydrogens (tertiary/aromatic N) is 2. The van der Waals surface area contributed by atoms with Crippen LogP contribution < -0.4 is 14.8 Å². The molecule has 0 unspecified atom stereocenters. The van der Waals surface area contributed by atoms with Crippen molar-refractivity contribution in [3.63, 3.8) is 0 Å². The Morgan fingerprint density at radius 3 is 2.24 bits per heavy atom. The number of amides is 1. The van der Waals surface area contributed by atoms with Crippen molar-refractivity contribution in [3.8, 4) is 11.5 Å². The molecule has 2 aliphatic heterocycles. The molecule has 9 heteroatoms. The molecule has 0 spiro atoms. The van der Waals surface area contributed by atoms with Crippen LogP contribution in [0.1, 0.15) is 18.4 Å². The Morgan fingerprint density at radius 1 is 1.03 bits per heavy atom. The highest BCUT2D eigenvalue weighted by molar-refractivity contribution is 5.86. The Hall–Kier alpha value is -1.25. The monoisotopic (exact) mass is 449 g/mol. The second kappa shape index (κ2) is 11.8. The van der Waals surface area contributed by atoms with Gasteiger partial charge in [-0.2, -0.15) is 0 Å². The maximum absolute atomic E-state index is 13.1. The Bertz CT molecular complexity index is 649. The average molecular weight is 450 g/mol. The lowest BCUT2D eigenvalue weighted by atomic mass is 9.90. The van der Waals surface area contributed by atoms with E-state index in [4.69, 9.17) is 14.2 Å². The van der Waals surface area contributed by atoms with Gasteiger partial charge in [0.05, 0.1) is 14.2 Å². The minimum atomic E-state index is -0.649. The third-order valence-corrected chi connectivity index (χ3v) is 5.73. The minimum absolute atomic E-state index is 0. The highest BCUT2D eigenvalue weighted by atomic mass is 35.5. The molecule has 7 nitrogen and oxygen atoms in total. The van der Waals surface area contributed by atoms with Gasteiger partial charge < -0.3 is 24.4 Å². The first kappa shape index (κ1) is 25.8. The van der Waals surface area contributed by atoms with Crippen molar-refractivity contribution in [2.75, 3.05) is 60.6 Å². The number of hydrogen-bond donors (Lipinski definition) is 1. The summed E-state index contributed by atoms with van der Waals surface area (Å²) in [6, 6.07) is 5.86. The van der Waals surface area contributed by atoms with Gasteiger partial charge in [-0.3, -0.25) is 9.69 Å². The number of piperidine rings is 1. The number of rotatable bonds is 6. The molecule has 1 aromatic rings. The fourth-order valence-corrected chi connectivity index (χ4v) is 3.98. The molecule has 1 amide bonds. The number of nitrogens with one attached hydrogen (secondary N) is 1. The van der Waals surface area contributed by atoms with Crippen LogP contribution in [0.2, 0.25) is 0 Å². The topological polar surface area (TPSA) is 63.3 Å². The predicted molar refractivity (Wildman–Crippen MR) is 118 cm³/mol. The van der Waals surface area contributed by atoms with Gasteiger partial charge >= 0.3 is 0 Å². The zero-order valence-electron chi connectivity index (χ0n) is 17.4. The fraction of sp³-hybridized carbons (Fsp3) is 0.650. The molecule has 1 N–H and O–H groups in total. The van der Waals surface area contributed by atoms with Gasteiger partial charge in [-0.05, 0) is 44.1 Å². The summed E-state index contributed by atoms with van der Waals surface area (Å²) >= 11 is 0. The lowest BCUT2D eigenvalue weighted by molar-refractivity contribution is -0.160. The van der Waals surface area contributed by atoms with Crippen LogP contribution in [0, 0.1) is 0 Å². The number of carbonyl (C=O) groups excluding carboxylic acids is 1. The molecule has 0 aromatic heterocycles. The molecule has 2 saturated heterocycles. The molecule has 0 aliphatic carbocycles. The summed E-state index contributed by atoms with van der Waals surface area (Å²) in [5.41, 5.74) is 0.451. The summed E-state index contributed by atoms with van der Waals surface area (Å²) in [6.07, 6.45) is 1.48. The minimum Gasteiger partial charge on any atom is -0.497 e. The molecular formula is C20H33Cl2N3O4. The van der Waals surface area contributed by atoms with Crippen LogP contribution in [0.4, 0.5) is 0 Å². The van der Waals surface area contributed by atoms with E-state index in [1.807, 2.05) is 23.1 Å². The van der Waals surface area contributed by atoms with Crippen molar-refractivity contribution >= 4 is 30.7 Å². The molecular weight excluding hydrogens is 417 g/mol. The first-order valence-electron chi connectivity index (χ1n) is 9.60. The Balaban J connectivity index is 0.00000210. The van der Waals surface area contributed by atoms with Crippen LogP contribution >= 0.6 is 24.8 Å².